The quantitative estimate of drug-likeness (QED) is 0.124. The molecule has 1 amide bonds. The van der Waals surface area contributed by atoms with E-state index in [1.807, 2.05) is 0 Å². The van der Waals surface area contributed by atoms with Crippen LogP contribution in [0.5, 0.6) is 0 Å². The molecule has 0 aromatic heterocycles. The summed E-state index contributed by atoms with van der Waals surface area (Å²) in [5.74, 6) is -1.20. The first-order chi connectivity index (χ1) is 17.5. The van der Waals surface area contributed by atoms with Gasteiger partial charge in [-0.15, -0.1) is 0 Å². The summed E-state index contributed by atoms with van der Waals surface area (Å²) in [5.41, 5.74) is 0.174. The molecule has 0 saturated heterocycles. The van der Waals surface area contributed by atoms with Crippen LogP contribution in [0.4, 0.5) is 0 Å². The van der Waals surface area contributed by atoms with E-state index in [1.54, 1.807) is 0 Å². The highest BCUT2D eigenvalue weighted by Crippen LogP contribution is 2.20. The van der Waals surface area contributed by atoms with Gasteiger partial charge < -0.3 is 19.9 Å². The van der Waals surface area contributed by atoms with Crippen LogP contribution in [0.1, 0.15) is 136 Å². The molecule has 7 heteroatoms. The fraction of sp³-hybridized carbons (Fsp3) is 0.828. The first-order valence-corrected chi connectivity index (χ1v) is 14.5. The van der Waals surface area contributed by atoms with Gasteiger partial charge in [-0.25, -0.2) is 4.79 Å². The number of cyclic esters (lactones) is 1. The lowest BCUT2D eigenvalue weighted by atomic mass is 10.1. The third-order valence-electron chi connectivity index (χ3n) is 6.67. The Balaban J connectivity index is 2.31. The van der Waals surface area contributed by atoms with Gasteiger partial charge in [0.1, 0.15) is 6.10 Å². The van der Waals surface area contributed by atoms with Gasteiger partial charge in [-0.2, -0.15) is 0 Å². The molecular weight excluding hydrogens is 458 g/mol. The zero-order valence-corrected chi connectivity index (χ0v) is 22.9. The van der Waals surface area contributed by atoms with Gasteiger partial charge >= 0.3 is 11.9 Å². The van der Waals surface area contributed by atoms with E-state index in [-0.39, 0.29) is 24.4 Å². The van der Waals surface area contributed by atoms with Gasteiger partial charge in [-0.1, -0.05) is 110 Å². The number of amides is 1. The molecule has 2 unspecified atom stereocenters. The van der Waals surface area contributed by atoms with Crippen molar-refractivity contribution in [3.63, 3.8) is 0 Å². The summed E-state index contributed by atoms with van der Waals surface area (Å²) >= 11 is 0. The number of esters is 2. The second-order valence-electron chi connectivity index (χ2n) is 10.0. The number of aliphatic hydroxyl groups excluding tert-OH is 1. The van der Waals surface area contributed by atoms with Crippen molar-refractivity contribution in [1.29, 1.82) is 0 Å². The summed E-state index contributed by atoms with van der Waals surface area (Å²) in [6, 6.07) is 0. The molecule has 0 aliphatic carbocycles. The highest BCUT2D eigenvalue weighted by atomic mass is 16.6. The molecular formula is C29H51NO6. The van der Waals surface area contributed by atoms with Gasteiger partial charge in [0, 0.05) is 24.5 Å². The molecule has 0 aromatic rings. The average molecular weight is 510 g/mol. The summed E-state index contributed by atoms with van der Waals surface area (Å²) in [6.45, 7) is 4.43. The van der Waals surface area contributed by atoms with E-state index in [0.717, 1.165) is 44.6 Å². The molecule has 0 fully saturated rings. The zero-order valence-electron chi connectivity index (χ0n) is 22.9. The van der Waals surface area contributed by atoms with E-state index in [1.165, 1.54) is 70.6 Å². The number of hydrogen-bond acceptors (Lipinski definition) is 6. The SMILES string of the molecule is CCCCCCCCCCCC(=O)OC(CNC(=O)CCCCCCCCCC)C1=CC(=O)OC1O. The minimum absolute atomic E-state index is 0.0128. The number of aliphatic hydroxyl groups is 1. The predicted octanol–water partition coefficient (Wildman–Crippen LogP) is 6.27. The molecule has 1 aliphatic rings. The summed E-state index contributed by atoms with van der Waals surface area (Å²) in [5, 5.41) is 12.8. The van der Waals surface area contributed by atoms with Crippen molar-refractivity contribution in [2.75, 3.05) is 6.54 Å². The summed E-state index contributed by atoms with van der Waals surface area (Å²) < 4.78 is 10.3. The van der Waals surface area contributed by atoms with Crippen LogP contribution in [-0.2, 0) is 23.9 Å². The fourth-order valence-corrected chi connectivity index (χ4v) is 4.41. The van der Waals surface area contributed by atoms with Crippen LogP contribution in [0.25, 0.3) is 0 Å². The Kier molecular flexibility index (Phi) is 18.9. The van der Waals surface area contributed by atoms with Gasteiger partial charge in [0.25, 0.3) is 0 Å². The average Bonchev–Trinajstić information content (AvgIpc) is 3.19. The Bertz CT molecular complexity index is 648. The van der Waals surface area contributed by atoms with Crippen LogP contribution in [0.3, 0.4) is 0 Å². The Morgan fingerprint density at radius 2 is 1.31 bits per heavy atom. The van der Waals surface area contributed by atoms with Crippen molar-refractivity contribution >= 4 is 17.8 Å². The first kappa shape index (κ1) is 32.1. The Labute approximate surface area is 218 Å². The monoisotopic (exact) mass is 509 g/mol. The first-order valence-electron chi connectivity index (χ1n) is 14.5. The third-order valence-corrected chi connectivity index (χ3v) is 6.67. The maximum absolute atomic E-state index is 12.4. The highest BCUT2D eigenvalue weighted by Gasteiger charge is 2.33. The van der Waals surface area contributed by atoms with Crippen molar-refractivity contribution in [2.45, 2.75) is 148 Å². The summed E-state index contributed by atoms with van der Waals surface area (Å²) in [6.07, 6.45) is 19.1. The molecule has 7 nitrogen and oxygen atoms in total. The molecule has 1 heterocycles. The number of ether oxygens (including phenoxy) is 2. The number of rotatable bonds is 23. The normalized spacial score (nSPS) is 15.9. The van der Waals surface area contributed by atoms with Gasteiger partial charge in [-0.05, 0) is 12.8 Å². The lowest BCUT2D eigenvalue weighted by molar-refractivity contribution is -0.154. The number of hydrogen-bond donors (Lipinski definition) is 2. The predicted molar refractivity (Wildman–Crippen MR) is 142 cm³/mol. The number of carbonyl (C=O) groups excluding carboxylic acids is 3. The topological polar surface area (TPSA) is 102 Å². The molecule has 36 heavy (non-hydrogen) atoms. The van der Waals surface area contributed by atoms with Crippen LogP contribution >= 0.6 is 0 Å². The van der Waals surface area contributed by atoms with Gasteiger partial charge in [-0.3, -0.25) is 9.59 Å². The molecule has 1 aliphatic heterocycles. The Hall–Kier alpha value is -1.89. The molecule has 0 radical (unpaired) electrons. The number of unbranched alkanes of at least 4 members (excludes halogenated alkanes) is 15. The Morgan fingerprint density at radius 3 is 1.78 bits per heavy atom. The van der Waals surface area contributed by atoms with Gasteiger partial charge in [0.05, 0.1) is 6.54 Å². The third kappa shape index (κ3) is 16.0. The molecule has 2 N–H and O–H groups in total. The fourth-order valence-electron chi connectivity index (χ4n) is 4.41. The molecule has 1 rings (SSSR count). The van der Waals surface area contributed by atoms with Crippen molar-refractivity contribution in [2.24, 2.45) is 0 Å². The van der Waals surface area contributed by atoms with Crippen molar-refractivity contribution < 1.29 is 29.0 Å². The number of nitrogens with one attached hydrogen (secondary N) is 1. The number of carbonyl (C=O) groups is 3. The summed E-state index contributed by atoms with van der Waals surface area (Å²) in [4.78, 5) is 36.3. The maximum atomic E-state index is 12.4. The van der Waals surface area contributed by atoms with Crippen LogP contribution in [-0.4, -0.2) is 41.9 Å². The van der Waals surface area contributed by atoms with Crippen LogP contribution in [0, 0.1) is 0 Å². The van der Waals surface area contributed by atoms with E-state index in [2.05, 4.69) is 19.2 Å². The molecule has 208 valence electrons. The van der Waals surface area contributed by atoms with E-state index < -0.39 is 24.3 Å². The van der Waals surface area contributed by atoms with Crippen molar-refractivity contribution in [3.05, 3.63) is 11.6 Å². The smallest absolute Gasteiger partial charge is 0.333 e. The van der Waals surface area contributed by atoms with E-state index in [4.69, 9.17) is 9.47 Å². The van der Waals surface area contributed by atoms with Gasteiger partial charge in [0.15, 0.2) is 0 Å². The second kappa shape index (κ2) is 21.2. The largest absolute Gasteiger partial charge is 0.456 e. The maximum Gasteiger partial charge on any atom is 0.333 e. The standard InChI is InChI=1S/C29H51NO6/c1-3-5-7-9-11-13-15-17-19-21-27(32)35-25(24-22-28(33)36-29(24)34)23-30-26(31)20-18-16-14-12-10-8-6-4-2/h22,25,29,34H,3-21,23H2,1-2H3,(H,30,31). The molecule has 0 bridgehead atoms. The Morgan fingerprint density at radius 1 is 0.833 bits per heavy atom. The van der Waals surface area contributed by atoms with Crippen LogP contribution < -0.4 is 5.32 Å². The molecule has 0 spiro atoms. The van der Waals surface area contributed by atoms with Crippen molar-refractivity contribution in [3.8, 4) is 0 Å². The van der Waals surface area contributed by atoms with E-state index in [0.29, 0.717) is 6.42 Å². The minimum atomic E-state index is -1.45. The van der Waals surface area contributed by atoms with Crippen molar-refractivity contribution in [1.82, 2.24) is 5.32 Å². The molecule has 0 aromatic carbocycles. The van der Waals surface area contributed by atoms with E-state index >= 15 is 0 Å². The lowest BCUT2D eigenvalue weighted by Gasteiger charge is -2.21. The minimum Gasteiger partial charge on any atom is -0.456 e. The van der Waals surface area contributed by atoms with Crippen LogP contribution in [0.15, 0.2) is 11.6 Å². The molecule has 0 saturated carbocycles. The highest BCUT2D eigenvalue weighted by molar-refractivity contribution is 5.86. The summed E-state index contributed by atoms with van der Waals surface area (Å²) in [7, 11) is 0. The lowest BCUT2D eigenvalue weighted by Crippen LogP contribution is -2.38. The van der Waals surface area contributed by atoms with Crippen LogP contribution in [0.2, 0.25) is 0 Å². The van der Waals surface area contributed by atoms with E-state index in [9.17, 15) is 19.5 Å². The zero-order chi connectivity index (χ0) is 26.4. The van der Waals surface area contributed by atoms with Gasteiger partial charge in [0.2, 0.25) is 12.2 Å². The molecule has 2 atom stereocenters. The second-order valence-corrected chi connectivity index (χ2v) is 10.0.